The zero-order valence-electron chi connectivity index (χ0n) is 33.2. The number of hydrogen-bond donors (Lipinski definition) is 0. The van der Waals surface area contributed by atoms with Crippen LogP contribution >= 0.6 is 0 Å². The lowest BCUT2D eigenvalue weighted by Crippen LogP contribution is -2.37. The van der Waals surface area contributed by atoms with Gasteiger partial charge in [-0.25, -0.2) is 0 Å². The first kappa shape index (κ1) is 45.4. The molecule has 0 saturated carbocycles. The topological polar surface area (TPSA) is 52.6 Å². The molecule has 49 heavy (non-hydrogen) atoms. The van der Waals surface area contributed by atoms with Crippen molar-refractivity contribution in [2.24, 2.45) is 11.8 Å². The van der Waals surface area contributed by atoms with Crippen LogP contribution < -0.4 is 0 Å². The van der Waals surface area contributed by atoms with E-state index >= 15 is 0 Å². The van der Waals surface area contributed by atoms with Crippen LogP contribution in [0.3, 0.4) is 0 Å². The smallest absolute Gasteiger partial charge is 0.305 e. The van der Waals surface area contributed by atoms with Gasteiger partial charge in [0.15, 0.2) is 0 Å². The first-order chi connectivity index (χ1) is 23.9. The zero-order chi connectivity index (χ0) is 35.7. The lowest BCUT2D eigenvalue weighted by atomic mass is 9.98. The summed E-state index contributed by atoms with van der Waals surface area (Å²) < 4.78 is 12.3. The third-order valence-electron chi connectivity index (χ3n) is 10.3. The molecule has 1 aliphatic rings. The van der Waals surface area contributed by atoms with Gasteiger partial charge in [0.2, 0.25) is 0 Å². The number of hydrogen-bond acceptors (Lipinski definition) is 4. The molecule has 2 atom stereocenters. The number of nitrogens with zero attached hydrogens (tertiary/aromatic N) is 1. The van der Waals surface area contributed by atoms with Crippen LogP contribution in [0, 0.1) is 11.8 Å². The molecule has 5 nitrogen and oxygen atoms in total. The van der Waals surface area contributed by atoms with Crippen LogP contribution in [0.4, 0.5) is 0 Å². The van der Waals surface area contributed by atoms with Crippen molar-refractivity contribution in [1.82, 2.24) is 0 Å². The Bertz CT molecular complexity index is 769. The summed E-state index contributed by atoms with van der Waals surface area (Å²) in [5.74, 6) is 0.353. The van der Waals surface area contributed by atoms with Gasteiger partial charge in [0.25, 0.3) is 0 Å². The number of esters is 2. The summed E-state index contributed by atoms with van der Waals surface area (Å²) in [7, 11) is 4.43. The molecule has 0 aromatic heterocycles. The molecule has 1 rings (SSSR count). The molecule has 0 spiro atoms. The number of quaternary nitrogens is 1. The van der Waals surface area contributed by atoms with Gasteiger partial charge in [0.1, 0.15) is 13.2 Å². The number of likely N-dealkylation sites (tertiary alicyclic amines) is 1. The first-order valence-corrected chi connectivity index (χ1v) is 21.3. The van der Waals surface area contributed by atoms with Crippen molar-refractivity contribution < 1.29 is 23.5 Å². The molecule has 1 unspecified atom stereocenters. The van der Waals surface area contributed by atoms with E-state index in [0.717, 1.165) is 43.3 Å². The van der Waals surface area contributed by atoms with Crippen LogP contribution in [-0.2, 0) is 19.1 Å². The predicted octanol–water partition coefficient (Wildman–Crippen LogP) is 12.5. The molecule has 5 heteroatoms. The Morgan fingerprint density at radius 2 is 0.755 bits per heavy atom. The average molecular weight is 689 g/mol. The average Bonchev–Trinajstić information content (AvgIpc) is 3.39. The van der Waals surface area contributed by atoms with E-state index in [1.54, 1.807) is 0 Å². The van der Waals surface area contributed by atoms with E-state index in [-0.39, 0.29) is 23.8 Å². The summed E-state index contributed by atoms with van der Waals surface area (Å²) in [6.07, 6.45) is 43.1. The Morgan fingerprint density at radius 3 is 1.08 bits per heavy atom. The molecule has 0 aliphatic carbocycles. The molecule has 1 fully saturated rings. The van der Waals surface area contributed by atoms with Crippen molar-refractivity contribution in [2.75, 3.05) is 40.4 Å². The molecular formula is C44H82NO4+. The number of allylic oxidation sites excluding steroid dienone is 4. The fourth-order valence-electron chi connectivity index (χ4n) is 7.24. The second-order valence-corrected chi connectivity index (χ2v) is 15.9. The van der Waals surface area contributed by atoms with Gasteiger partial charge >= 0.3 is 11.9 Å². The van der Waals surface area contributed by atoms with Crippen LogP contribution in [0.5, 0.6) is 0 Å². The van der Waals surface area contributed by atoms with Crippen LogP contribution in [0.15, 0.2) is 24.3 Å². The molecule has 286 valence electrons. The highest BCUT2D eigenvalue weighted by Gasteiger charge is 2.41. The molecule has 1 saturated heterocycles. The highest BCUT2D eigenvalue weighted by molar-refractivity contribution is 5.69. The van der Waals surface area contributed by atoms with E-state index in [1.165, 1.54) is 141 Å². The van der Waals surface area contributed by atoms with E-state index in [4.69, 9.17) is 9.47 Å². The molecule has 0 N–H and O–H groups in total. The monoisotopic (exact) mass is 689 g/mol. The minimum Gasteiger partial charge on any atom is -0.465 e. The molecular weight excluding hydrogens is 606 g/mol. The van der Waals surface area contributed by atoms with Crippen molar-refractivity contribution in [3.05, 3.63) is 24.3 Å². The van der Waals surface area contributed by atoms with Gasteiger partial charge in [-0.2, -0.15) is 0 Å². The Hall–Kier alpha value is -1.62. The lowest BCUT2D eigenvalue weighted by Gasteiger charge is -2.23. The van der Waals surface area contributed by atoms with Gasteiger partial charge in [0.05, 0.1) is 39.0 Å². The normalized spacial score (nSPS) is 17.4. The van der Waals surface area contributed by atoms with E-state index < -0.39 is 0 Å². The van der Waals surface area contributed by atoms with Crippen LogP contribution in [0.1, 0.15) is 194 Å². The van der Waals surface area contributed by atoms with Crippen molar-refractivity contribution in [1.29, 1.82) is 0 Å². The lowest BCUT2D eigenvalue weighted by molar-refractivity contribution is -0.880. The molecule has 0 aromatic carbocycles. The third-order valence-corrected chi connectivity index (χ3v) is 10.3. The number of carbonyl (C=O) groups excluding carboxylic acids is 2. The SMILES string of the molecule is CCCCCCCC/C=C\CCCCCCCC(=O)OCC1C[N+](C)(C)C[C@H]1COC(=O)CCCCCCC/C=C\CCCCCCCC. The summed E-state index contributed by atoms with van der Waals surface area (Å²) in [4.78, 5) is 24.9. The van der Waals surface area contributed by atoms with Gasteiger partial charge < -0.3 is 14.0 Å². The van der Waals surface area contributed by atoms with Gasteiger partial charge in [0, 0.05) is 12.8 Å². The van der Waals surface area contributed by atoms with E-state index in [9.17, 15) is 9.59 Å². The van der Waals surface area contributed by atoms with Crippen LogP contribution in [-0.4, -0.2) is 56.8 Å². The highest BCUT2D eigenvalue weighted by atomic mass is 16.5. The highest BCUT2D eigenvalue weighted by Crippen LogP contribution is 2.28. The maximum Gasteiger partial charge on any atom is 0.305 e. The first-order valence-electron chi connectivity index (χ1n) is 21.3. The Morgan fingerprint density at radius 1 is 0.469 bits per heavy atom. The third kappa shape index (κ3) is 28.7. The minimum absolute atomic E-state index is 0.0743. The summed E-state index contributed by atoms with van der Waals surface area (Å²) in [6, 6.07) is 0. The molecule has 0 bridgehead atoms. The van der Waals surface area contributed by atoms with Crippen LogP contribution in [0.2, 0.25) is 0 Å². The molecule has 1 heterocycles. The van der Waals surface area contributed by atoms with Gasteiger partial charge in [-0.1, -0.05) is 141 Å². The number of rotatable bonds is 34. The molecule has 0 amide bonds. The van der Waals surface area contributed by atoms with E-state index in [2.05, 4.69) is 52.2 Å². The minimum atomic E-state index is -0.0743. The number of unbranched alkanes of at least 4 members (excludes halogenated alkanes) is 22. The molecule has 1 aliphatic heterocycles. The van der Waals surface area contributed by atoms with Crippen molar-refractivity contribution >= 4 is 11.9 Å². The maximum absolute atomic E-state index is 12.5. The van der Waals surface area contributed by atoms with Crippen LogP contribution in [0.25, 0.3) is 0 Å². The van der Waals surface area contributed by atoms with E-state index in [0.29, 0.717) is 26.1 Å². The second-order valence-electron chi connectivity index (χ2n) is 15.9. The Balaban J connectivity index is 2.04. The van der Waals surface area contributed by atoms with Crippen molar-refractivity contribution in [2.45, 2.75) is 194 Å². The number of ether oxygens (including phenoxy) is 2. The summed E-state index contributed by atoms with van der Waals surface area (Å²) in [6.45, 7) is 7.35. The van der Waals surface area contributed by atoms with E-state index in [1.807, 2.05) is 0 Å². The summed E-state index contributed by atoms with van der Waals surface area (Å²) in [5, 5.41) is 0. The Kier molecular flexibility index (Phi) is 29.9. The molecule has 0 radical (unpaired) electrons. The number of carbonyl (C=O) groups is 2. The summed E-state index contributed by atoms with van der Waals surface area (Å²) >= 11 is 0. The fourth-order valence-corrected chi connectivity index (χ4v) is 7.24. The second kappa shape index (κ2) is 32.3. The van der Waals surface area contributed by atoms with Gasteiger partial charge in [-0.15, -0.1) is 0 Å². The Labute approximate surface area is 305 Å². The largest absolute Gasteiger partial charge is 0.465 e. The quantitative estimate of drug-likeness (QED) is 0.0292. The fraction of sp³-hybridized carbons (Fsp3) is 0.864. The molecule has 0 aromatic rings. The standard InChI is InChI=1S/C44H82NO4/c1-5-7-9-11-13-15-17-19-21-23-25-27-29-31-33-35-43(46)48-39-41-37-45(3,4)38-42(41)40-49-44(47)36-34-32-30-28-26-24-22-20-18-16-14-12-10-8-6-2/h19-22,41-42H,5-18,23-40H2,1-4H3/q+1/b21-19-,22-20-/t41-,42?/m0/s1. The van der Waals surface area contributed by atoms with Gasteiger partial charge in [-0.05, 0) is 64.2 Å². The predicted molar refractivity (Wildman–Crippen MR) is 210 cm³/mol. The zero-order valence-corrected chi connectivity index (χ0v) is 33.2. The van der Waals surface area contributed by atoms with Crippen molar-refractivity contribution in [3.63, 3.8) is 0 Å². The van der Waals surface area contributed by atoms with Gasteiger partial charge in [-0.3, -0.25) is 9.59 Å². The maximum atomic E-state index is 12.5. The summed E-state index contributed by atoms with van der Waals surface area (Å²) in [5.41, 5.74) is 0. The van der Waals surface area contributed by atoms with Crippen molar-refractivity contribution in [3.8, 4) is 0 Å².